The Labute approximate surface area is 114 Å². The van der Waals surface area contributed by atoms with Crippen LogP contribution in [0.25, 0.3) is 0 Å². The Kier molecular flexibility index (Phi) is 4.31. The number of nitrogens with zero attached hydrogens (tertiary/aromatic N) is 1. The molecule has 1 N–H and O–H groups in total. The second-order valence-corrected chi connectivity index (χ2v) is 4.93. The lowest BCUT2D eigenvalue weighted by molar-refractivity contribution is 0.621. The normalized spacial score (nSPS) is 10.4. The zero-order valence-electron chi connectivity index (χ0n) is 10.1. The average Bonchev–Trinajstić information content (AvgIpc) is 2.37. The van der Waals surface area contributed by atoms with E-state index in [9.17, 15) is 4.39 Å². The molecule has 1 aromatic carbocycles. The van der Waals surface area contributed by atoms with Gasteiger partial charge in [0.2, 0.25) is 0 Å². The van der Waals surface area contributed by atoms with Crippen molar-refractivity contribution in [3.8, 4) is 0 Å². The van der Waals surface area contributed by atoms with Crippen molar-refractivity contribution in [1.82, 2.24) is 4.98 Å². The third kappa shape index (κ3) is 3.29. The van der Waals surface area contributed by atoms with Gasteiger partial charge in [0.15, 0.2) is 0 Å². The van der Waals surface area contributed by atoms with E-state index in [1.807, 2.05) is 25.1 Å². The van der Waals surface area contributed by atoms with E-state index in [0.29, 0.717) is 4.47 Å². The zero-order valence-corrected chi connectivity index (χ0v) is 11.7. The lowest BCUT2D eigenvalue weighted by atomic mass is 10.2. The summed E-state index contributed by atoms with van der Waals surface area (Å²) >= 11 is 3.17. The van der Waals surface area contributed by atoms with Gasteiger partial charge in [-0.15, -0.1) is 0 Å². The minimum Gasteiger partial charge on any atom is -0.384 e. The van der Waals surface area contributed by atoms with Crippen molar-refractivity contribution in [2.24, 2.45) is 0 Å². The topological polar surface area (TPSA) is 24.9 Å². The summed E-state index contributed by atoms with van der Waals surface area (Å²) in [6.07, 6.45) is 2.60. The number of aryl methyl sites for hydroxylation is 1. The van der Waals surface area contributed by atoms with Crippen molar-refractivity contribution < 1.29 is 4.39 Å². The standard InChI is InChI=1S/C14H14BrFN2/c1-10-8-12(15)13(16)9-14(10)18-7-5-11-4-2-3-6-17-11/h2-4,6,8-9,18H,5,7H2,1H3. The van der Waals surface area contributed by atoms with Gasteiger partial charge in [0.05, 0.1) is 4.47 Å². The second-order valence-electron chi connectivity index (χ2n) is 4.08. The van der Waals surface area contributed by atoms with Crippen molar-refractivity contribution in [3.05, 3.63) is 58.1 Å². The first-order chi connectivity index (χ1) is 8.66. The molecule has 2 nitrogen and oxygen atoms in total. The van der Waals surface area contributed by atoms with Crippen LogP contribution in [0.4, 0.5) is 10.1 Å². The number of pyridine rings is 1. The number of anilines is 1. The SMILES string of the molecule is Cc1cc(Br)c(F)cc1NCCc1ccccn1. The molecule has 0 bridgehead atoms. The monoisotopic (exact) mass is 308 g/mol. The minimum absolute atomic E-state index is 0.249. The van der Waals surface area contributed by atoms with E-state index in [0.717, 1.165) is 29.9 Å². The van der Waals surface area contributed by atoms with Crippen molar-refractivity contribution in [3.63, 3.8) is 0 Å². The number of rotatable bonds is 4. The van der Waals surface area contributed by atoms with Gasteiger partial charge in [-0.1, -0.05) is 6.07 Å². The highest BCUT2D eigenvalue weighted by molar-refractivity contribution is 9.10. The zero-order chi connectivity index (χ0) is 13.0. The van der Waals surface area contributed by atoms with Gasteiger partial charge in [0, 0.05) is 30.5 Å². The molecule has 1 heterocycles. The van der Waals surface area contributed by atoms with Crippen LogP contribution in [0.1, 0.15) is 11.3 Å². The number of nitrogens with one attached hydrogen (secondary N) is 1. The molecule has 2 rings (SSSR count). The first-order valence-corrected chi connectivity index (χ1v) is 6.55. The molecule has 0 aliphatic carbocycles. The molecule has 18 heavy (non-hydrogen) atoms. The van der Waals surface area contributed by atoms with Crippen LogP contribution < -0.4 is 5.32 Å². The molecule has 0 amide bonds. The lowest BCUT2D eigenvalue weighted by Gasteiger charge is -2.10. The molecule has 0 unspecified atom stereocenters. The molecular formula is C14H14BrFN2. The smallest absolute Gasteiger partial charge is 0.139 e. The maximum atomic E-state index is 13.4. The molecule has 4 heteroatoms. The predicted molar refractivity (Wildman–Crippen MR) is 75.3 cm³/mol. The van der Waals surface area contributed by atoms with Gasteiger partial charge in [-0.25, -0.2) is 4.39 Å². The highest BCUT2D eigenvalue weighted by atomic mass is 79.9. The summed E-state index contributed by atoms with van der Waals surface area (Å²) in [5, 5.41) is 3.23. The van der Waals surface area contributed by atoms with E-state index in [1.165, 1.54) is 6.07 Å². The van der Waals surface area contributed by atoms with Crippen molar-refractivity contribution in [2.45, 2.75) is 13.3 Å². The van der Waals surface area contributed by atoms with Crippen molar-refractivity contribution in [1.29, 1.82) is 0 Å². The quantitative estimate of drug-likeness (QED) is 0.925. The molecule has 0 fully saturated rings. The first kappa shape index (κ1) is 13.0. The van der Waals surface area contributed by atoms with Gasteiger partial charge in [-0.2, -0.15) is 0 Å². The molecule has 1 aromatic heterocycles. The van der Waals surface area contributed by atoms with Crippen molar-refractivity contribution >= 4 is 21.6 Å². The summed E-state index contributed by atoms with van der Waals surface area (Å²) in [6, 6.07) is 9.13. The molecule has 0 atom stereocenters. The van der Waals surface area contributed by atoms with E-state index in [4.69, 9.17) is 0 Å². The molecular weight excluding hydrogens is 295 g/mol. The Balaban J connectivity index is 1.97. The second kappa shape index (κ2) is 5.96. The Bertz CT molecular complexity index is 529. The Morgan fingerprint density at radius 3 is 2.89 bits per heavy atom. The predicted octanol–water partition coefficient (Wildman–Crippen LogP) is 3.95. The van der Waals surface area contributed by atoms with E-state index >= 15 is 0 Å². The molecule has 0 spiro atoms. The van der Waals surface area contributed by atoms with E-state index in [-0.39, 0.29) is 5.82 Å². The van der Waals surface area contributed by atoms with Gasteiger partial charge in [-0.3, -0.25) is 4.98 Å². The van der Waals surface area contributed by atoms with Gasteiger partial charge in [0.1, 0.15) is 5.82 Å². The van der Waals surface area contributed by atoms with Gasteiger partial charge < -0.3 is 5.32 Å². The summed E-state index contributed by atoms with van der Waals surface area (Å²) in [5.74, 6) is -0.249. The fourth-order valence-corrected chi connectivity index (χ4v) is 2.17. The summed E-state index contributed by atoms with van der Waals surface area (Å²) < 4.78 is 13.9. The fourth-order valence-electron chi connectivity index (χ4n) is 1.71. The number of halogens is 2. The number of aromatic nitrogens is 1. The maximum Gasteiger partial charge on any atom is 0.139 e. The molecule has 0 saturated carbocycles. The van der Waals surface area contributed by atoms with Crippen molar-refractivity contribution in [2.75, 3.05) is 11.9 Å². The third-order valence-electron chi connectivity index (χ3n) is 2.69. The molecule has 0 aliphatic heterocycles. The number of hydrogen-bond acceptors (Lipinski definition) is 2. The maximum absolute atomic E-state index is 13.4. The molecule has 0 radical (unpaired) electrons. The van der Waals surface area contributed by atoms with Crippen LogP contribution in [0, 0.1) is 12.7 Å². The third-order valence-corrected chi connectivity index (χ3v) is 3.30. The summed E-state index contributed by atoms with van der Waals surface area (Å²) in [6.45, 7) is 2.69. The van der Waals surface area contributed by atoms with Gasteiger partial charge >= 0.3 is 0 Å². The largest absolute Gasteiger partial charge is 0.384 e. The summed E-state index contributed by atoms with van der Waals surface area (Å²) in [4.78, 5) is 4.24. The molecule has 94 valence electrons. The van der Waals surface area contributed by atoms with Crippen LogP contribution in [-0.4, -0.2) is 11.5 Å². The molecule has 0 saturated heterocycles. The Morgan fingerprint density at radius 2 is 2.17 bits per heavy atom. The van der Waals surface area contributed by atoms with Crippen LogP contribution in [0.15, 0.2) is 41.0 Å². The summed E-state index contributed by atoms with van der Waals surface area (Å²) in [5.41, 5.74) is 2.87. The minimum atomic E-state index is -0.249. The number of hydrogen-bond donors (Lipinski definition) is 1. The van der Waals surface area contributed by atoms with Crippen LogP contribution in [0.3, 0.4) is 0 Å². The highest BCUT2D eigenvalue weighted by Crippen LogP contribution is 2.23. The Hall–Kier alpha value is -1.42. The van der Waals surface area contributed by atoms with E-state index in [1.54, 1.807) is 12.3 Å². The van der Waals surface area contributed by atoms with Crippen LogP contribution >= 0.6 is 15.9 Å². The fraction of sp³-hybridized carbons (Fsp3) is 0.214. The molecule has 0 aliphatic rings. The van der Waals surface area contributed by atoms with Gasteiger partial charge in [0.25, 0.3) is 0 Å². The van der Waals surface area contributed by atoms with Crippen LogP contribution in [0.5, 0.6) is 0 Å². The number of benzene rings is 1. The van der Waals surface area contributed by atoms with E-state index < -0.39 is 0 Å². The average molecular weight is 309 g/mol. The highest BCUT2D eigenvalue weighted by Gasteiger charge is 2.04. The summed E-state index contributed by atoms with van der Waals surface area (Å²) in [7, 11) is 0. The van der Waals surface area contributed by atoms with Gasteiger partial charge in [-0.05, 0) is 52.7 Å². The lowest BCUT2D eigenvalue weighted by Crippen LogP contribution is -2.07. The van der Waals surface area contributed by atoms with E-state index in [2.05, 4.69) is 26.2 Å². The molecule has 2 aromatic rings. The van der Waals surface area contributed by atoms with Crippen LogP contribution in [-0.2, 0) is 6.42 Å². The van der Waals surface area contributed by atoms with Crippen LogP contribution in [0.2, 0.25) is 0 Å². The Morgan fingerprint density at radius 1 is 1.33 bits per heavy atom. The first-order valence-electron chi connectivity index (χ1n) is 5.76.